The van der Waals surface area contributed by atoms with Crippen molar-refractivity contribution in [1.29, 1.82) is 0 Å². The first kappa shape index (κ1) is 14.5. The van der Waals surface area contributed by atoms with E-state index in [-0.39, 0.29) is 6.10 Å². The van der Waals surface area contributed by atoms with Gasteiger partial charge in [0.25, 0.3) is 0 Å². The summed E-state index contributed by atoms with van der Waals surface area (Å²) in [7, 11) is 0. The number of benzene rings is 1. The number of aromatic nitrogens is 2. The Kier molecular flexibility index (Phi) is 5.50. The Morgan fingerprint density at radius 3 is 2.65 bits per heavy atom. The van der Waals surface area contributed by atoms with E-state index in [1.165, 1.54) is 0 Å². The molecule has 1 heterocycles. The summed E-state index contributed by atoms with van der Waals surface area (Å²) in [6.07, 6.45) is 2.62. The molecule has 4 nitrogen and oxygen atoms in total. The fourth-order valence-corrected chi connectivity index (χ4v) is 1.97. The molecule has 0 saturated heterocycles. The summed E-state index contributed by atoms with van der Waals surface area (Å²) < 4.78 is 5.82. The molecule has 1 N–H and O–H groups in total. The van der Waals surface area contributed by atoms with Crippen LogP contribution < -0.4 is 5.32 Å². The second-order valence-corrected chi connectivity index (χ2v) is 4.47. The van der Waals surface area contributed by atoms with Gasteiger partial charge in [-0.15, -0.1) is 0 Å². The van der Waals surface area contributed by atoms with Crippen molar-refractivity contribution in [2.75, 3.05) is 18.5 Å². The highest BCUT2D eigenvalue weighted by Crippen LogP contribution is 2.23. The van der Waals surface area contributed by atoms with Gasteiger partial charge < -0.3 is 10.1 Å². The number of hydrogen-bond donors (Lipinski definition) is 1. The average molecular weight is 271 g/mol. The molecular formula is C16H21N3O. The predicted octanol–water partition coefficient (Wildman–Crippen LogP) is 3.42. The lowest BCUT2D eigenvalue weighted by Gasteiger charge is -2.16. The molecule has 0 fully saturated rings. The van der Waals surface area contributed by atoms with Gasteiger partial charge in [0.15, 0.2) is 5.82 Å². The highest BCUT2D eigenvalue weighted by molar-refractivity contribution is 5.34. The number of nitrogens with one attached hydrogen (secondary N) is 1. The van der Waals surface area contributed by atoms with E-state index in [4.69, 9.17) is 4.74 Å². The lowest BCUT2D eigenvalue weighted by molar-refractivity contribution is 0.0852. The molecule has 0 spiro atoms. The Bertz CT molecular complexity index is 516. The number of rotatable bonds is 7. The Balaban J connectivity index is 2.25. The highest BCUT2D eigenvalue weighted by atomic mass is 16.5. The number of hydrogen-bond acceptors (Lipinski definition) is 4. The van der Waals surface area contributed by atoms with Gasteiger partial charge in [-0.1, -0.05) is 37.3 Å². The van der Waals surface area contributed by atoms with Crippen molar-refractivity contribution in [3.05, 3.63) is 54.0 Å². The Morgan fingerprint density at radius 1 is 1.15 bits per heavy atom. The quantitative estimate of drug-likeness (QED) is 0.838. The van der Waals surface area contributed by atoms with Gasteiger partial charge in [-0.25, -0.2) is 9.97 Å². The molecule has 0 saturated carbocycles. The smallest absolute Gasteiger partial charge is 0.164 e. The largest absolute Gasteiger partial charge is 0.370 e. The zero-order valence-electron chi connectivity index (χ0n) is 12.0. The Morgan fingerprint density at radius 2 is 1.95 bits per heavy atom. The molecule has 20 heavy (non-hydrogen) atoms. The zero-order valence-corrected chi connectivity index (χ0v) is 12.0. The fraction of sp³-hybridized carbons (Fsp3) is 0.375. The minimum atomic E-state index is -0.218. The highest BCUT2D eigenvalue weighted by Gasteiger charge is 2.17. The number of ether oxygens (including phenoxy) is 1. The van der Waals surface area contributed by atoms with Crippen molar-refractivity contribution in [2.24, 2.45) is 0 Å². The van der Waals surface area contributed by atoms with Crippen LogP contribution in [0.3, 0.4) is 0 Å². The Labute approximate surface area is 120 Å². The van der Waals surface area contributed by atoms with Crippen LogP contribution >= 0.6 is 0 Å². The van der Waals surface area contributed by atoms with Gasteiger partial charge in [-0.05, 0) is 25.0 Å². The second-order valence-electron chi connectivity index (χ2n) is 4.47. The standard InChI is InChI=1S/C16H21N3O/c1-3-11-17-14-10-12-18-16(19-14)15(20-4-2)13-8-6-5-7-9-13/h5-10,12,15H,3-4,11H2,1-2H3,(H,17,18,19). The Hall–Kier alpha value is -1.94. The van der Waals surface area contributed by atoms with Gasteiger partial charge in [-0.2, -0.15) is 0 Å². The number of nitrogens with zero attached hydrogens (tertiary/aromatic N) is 2. The summed E-state index contributed by atoms with van der Waals surface area (Å²) in [5, 5.41) is 3.28. The van der Waals surface area contributed by atoms with Gasteiger partial charge in [-0.3, -0.25) is 0 Å². The molecule has 106 valence electrons. The minimum absolute atomic E-state index is 0.218. The topological polar surface area (TPSA) is 47.0 Å². The van der Waals surface area contributed by atoms with Crippen molar-refractivity contribution in [2.45, 2.75) is 26.4 Å². The molecule has 0 bridgehead atoms. The molecule has 1 atom stereocenters. The minimum Gasteiger partial charge on any atom is -0.370 e. The number of anilines is 1. The van der Waals surface area contributed by atoms with E-state index in [1.54, 1.807) is 6.20 Å². The normalized spacial score (nSPS) is 12.1. The first-order chi connectivity index (χ1) is 9.85. The molecule has 0 radical (unpaired) electrons. The summed E-state index contributed by atoms with van der Waals surface area (Å²) in [5.41, 5.74) is 1.07. The van der Waals surface area contributed by atoms with E-state index >= 15 is 0 Å². The molecule has 1 aromatic heterocycles. The average Bonchev–Trinajstić information content (AvgIpc) is 2.52. The van der Waals surface area contributed by atoms with E-state index in [1.807, 2.05) is 43.3 Å². The van der Waals surface area contributed by atoms with Gasteiger partial charge >= 0.3 is 0 Å². The first-order valence-corrected chi connectivity index (χ1v) is 7.08. The lowest BCUT2D eigenvalue weighted by Crippen LogP contribution is -2.12. The summed E-state index contributed by atoms with van der Waals surface area (Å²) in [6, 6.07) is 12.0. The molecule has 1 aromatic carbocycles. The summed E-state index contributed by atoms with van der Waals surface area (Å²) in [6.45, 7) is 5.63. The van der Waals surface area contributed by atoms with E-state index < -0.39 is 0 Å². The van der Waals surface area contributed by atoms with Crippen LogP contribution in [0.15, 0.2) is 42.6 Å². The predicted molar refractivity (Wildman–Crippen MR) is 80.7 cm³/mol. The van der Waals surface area contributed by atoms with Crippen LogP contribution in [0.4, 0.5) is 5.82 Å². The van der Waals surface area contributed by atoms with Crippen molar-refractivity contribution in [1.82, 2.24) is 9.97 Å². The SMILES string of the molecule is CCCNc1ccnc(C(OCC)c2ccccc2)n1. The van der Waals surface area contributed by atoms with E-state index in [9.17, 15) is 0 Å². The second kappa shape index (κ2) is 7.60. The molecule has 0 aliphatic carbocycles. The van der Waals surface area contributed by atoms with Gasteiger partial charge in [0.2, 0.25) is 0 Å². The van der Waals surface area contributed by atoms with Gasteiger partial charge in [0.05, 0.1) is 0 Å². The van der Waals surface area contributed by atoms with Crippen molar-refractivity contribution < 1.29 is 4.74 Å². The van der Waals surface area contributed by atoms with Crippen molar-refractivity contribution >= 4 is 5.82 Å². The fourth-order valence-electron chi connectivity index (χ4n) is 1.97. The van der Waals surface area contributed by atoms with Gasteiger partial charge in [0.1, 0.15) is 11.9 Å². The van der Waals surface area contributed by atoms with Crippen LogP contribution in [0.1, 0.15) is 37.8 Å². The van der Waals surface area contributed by atoms with Crippen LogP contribution in [-0.4, -0.2) is 23.1 Å². The van der Waals surface area contributed by atoms with Crippen LogP contribution in [0.25, 0.3) is 0 Å². The maximum atomic E-state index is 5.82. The third kappa shape index (κ3) is 3.78. The first-order valence-electron chi connectivity index (χ1n) is 7.08. The van der Waals surface area contributed by atoms with Crippen LogP contribution in [0.2, 0.25) is 0 Å². The lowest BCUT2D eigenvalue weighted by atomic mass is 10.1. The van der Waals surface area contributed by atoms with Crippen molar-refractivity contribution in [3.8, 4) is 0 Å². The van der Waals surface area contributed by atoms with Gasteiger partial charge in [0, 0.05) is 19.3 Å². The molecule has 0 aliphatic heterocycles. The molecule has 0 aliphatic rings. The van der Waals surface area contributed by atoms with E-state index in [2.05, 4.69) is 22.2 Å². The summed E-state index contributed by atoms with van der Waals surface area (Å²) in [4.78, 5) is 8.93. The molecular weight excluding hydrogens is 250 g/mol. The van der Waals surface area contributed by atoms with Crippen molar-refractivity contribution in [3.63, 3.8) is 0 Å². The maximum absolute atomic E-state index is 5.82. The van der Waals surface area contributed by atoms with Crippen LogP contribution in [0, 0.1) is 0 Å². The molecule has 2 rings (SSSR count). The van der Waals surface area contributed by atoms with E-state index in [0.717, 1.165) is 24.3 Å². The third-order valence-corrected chi connectivity index (χ3v) is 2.90. The molecule has 0 amide bonds. The van der Waals surface area contributed by atoms with E-state index in [0.29, 0.717) is 12.4 Å². The molecule has 2 aromatic rings. The van der Waals surface area contributed by atoms with Crippen LogP contribution in [-0.2, 0) is 4.74 Å². The molecule has 4 heteroatoms. The summed E-state index contributed by atoms with van der Waals surface area (Å²) >= 11 is 0. The zero-order chi connectivity index (χ0) is 14.2. The van der Waals surface area contributed by atoms with Crippen LogP contribution in [0.5, 0.6) is 0 Å². The monoisotopic (exact) mass is 271 g/mol. The summed E-state index contributed by atoms with van der Waals surface area (Å²) in [5.74, 6) is 1.54. The third-order valence-electron chi connectivity index (χ3n) is 2.90. The maximum Gasteiger partial charge on any atom is 0.164 e. The molecule has 1 unspecified atom stereocenters.